The van der Waals surface area contributed by atoms with Crippen LogP contribution < -0.4 is 5.73 Å². The maximum absolute atomic E-state index is 5.81. The third kappa shape index (κ3) is 16.3. The number of rotatable bonds is 18. The summed E-state index contributed by atoms with van der Waals surface area (Å²) in [5.74, 6) is 0.794. The van der Waals surface area contributed by atoms with Crippen LogP contribution in [0.1, 0.15) is 123 Å². The lowest BCUT2D eigenvalue weighted by Crippen LogP contribution is -2.13. The van der Waals surface area contributed by atoms with Crippen molar-refractivity contribution in [2.45, 2.75) is 123 Å². The Morgan fingerprint density at radius 1 is 0.500 bits per heavy atom. The van der Waals surface area contributed by atoms with E-state index in [-0.39, 0.29) is 0 Å². The van der Waals surface area contributed by atoms with E-state index in [9.17, 15) is 0 Å². The standard InChI is InChI=1S/C21H45N/c1-3-5-6-7-8-9-10-11-12-13-14-15-16-17-19-21(20-22)18-4-2/h21H,3-20,22H2,1-2H3. The maximum atomic E-state index is 5.81. The van der Waals surface area contributed by atoms with Gasteiger partial charge < -0.3 is 5.73 Å². The molecule has 0 aliphatic rings. The van der Waals surface area contributed by atoms with Crippen LogP contribution in [-0.2, 0) is 0 Å². The molecule has 0 aromatic heterocycles. The van der Waals surface area contributed by atoms with Crippen molar-refractivity contribution in [3.8, 4) is 0 Å². The normalized spacial score (nSPS) is 12.7. The number of hydrogen-bond acceptors (Lipinski definition) is 1. The van der Waals surface area contributed by atoms with Crippen LogP contribution >= 0.6 is 0 Å². The zero-order valence-corrected chi connectivity index (χ0v) is 15.9. The number of unbranched alkanes of at least 4 members (excludes halogenated alkanes) is 13. The SMILES string of the molecule is CCCCCCCCCCCCCCCCC(CN)CCC. The molecule has 1 atom stereocenters. The lowest BCUT2D eigenvalue weighted by Gasteiger charge is -2.12. The summed E-state index contributed by atoms with van der Waals surface area (Å²) in [5, 5.41) is 0. The Bertz CT molecular complexity index is 190. The first kappa shape index (κ1) is 22.0. The van der Waals surface area contributed by atoms with E-state index < -0.39 is 0 Å². The third-order valence-corrected chi connectivity index (χ3v) is 5.00. The average molecular weight is 312 g/mol. The second kappa shape index (κ2) is 19.0. The van der Waals surface area contributed by atoms with Gasteiger partial charge in [0.05, 0.1) is 0 Å². The highest BCUT2D eigenvalue weighted by atomic mass is 14.5. The quantitative estimate of drug-likeness (QED) is 0.265. The molecule has 0 saturated carbocycles. The van der Waals surface area contributed by atoms with Crippen molar-refractivity contribution >= 4 is 0 Å². The van der Waals surface area contributed by atoms with Gasteiger partial charge in [-0.05, 0) is 25.3 Å². The fraction of sp³-hybridized carbons (Fsp3) is 1.00. The van der Waals surface area contributed by atoms with Gasteiger partial charge in [-0.3, -0.25) is 0 Å². The van der Waals surface area contributed by atoms with Crippen molar-refractivity contribution < 1.29 is 0 Å². The van der Waals surface area contributed by atoms with Gasteiger partial charge in [0, 0.05) is 0 Å². The van der Waals surface area contributed by atoms with Gasteiger partial charge in [0.25, 0.3) is 0 Å². The van der Waals surface area contributed by atoms with Crippen LogP contribution in [0.5, 0.6) is 0 Å². The molecule has 0 saturated heterocycles. The number of hydrogen-bond donors (Lipinski definition) is 1. The summed E-state index contributed by atoms with van der Waals surface area (Å²) in [7, 11) is 0. The van der Waals surface area contributed by atoms with E-state index in [0.717, 1.165) is 12.5 Å². The van der Waals surface area contributed by atoms with Gasteiger partial charge >= 0.3 is 0 Å². The summed E-state index contributed by atoms with van der Waals surface area (Å²) in [6, 6.07) is 0. The van der Waals surface area contributed by atoms with Crippen LogP contribution in [-0.4, -0.2) is 6.54 Å². The van der Waals surface area contributed by atoms with Crippen molar-refractivity contribution in [3.63, 3.8) is 0 Å². The maximum Gasteiger partial charge on any atom is -0.00489 e. The van der Waals surface area contributed by atoms with Crippen LogP contribution in [0.25, 0.3) is 0 Å². The van der Waals surface area contributed by atoms with Crippen molar-refractivity contribution in [3.05, 3.63) is 0 Å². The van der Waals surface area contributed by atoms with Crippen LogP contribution in [0.2, 0.25) is 0 Å². The number of nitrogens with two attached hydrogens (primary N) is 1. The van der Waals surface area contributed by atoms with Gasteiger partial charge in [-0.15, -0.1) is 0 Å². The highest BCUT2D eigenvalue weighted by Gasteiger charge is 2.04. The fourth-order valence-electron chi connectivity index (χ4n) is 3.42. The third-order valence-electron chi connectivity index (χ3n) is 5.00. The molecule has 22 heavy (non-hydrogen) atoms. The van der Waals surface area contributed by atoms with Gasteiger partial charge in [-0.2, -0.15) is 0 Å². The summed E-state index contributed by atoms with van der Waals surface area (Å²) in [6.45, 7) is 5.46. The molecule has 1 nitrogen and oxygen atoms in total. The van der Waals surface area contributed by atoms with E-state index in [4.69, 9.17) is 5.73 Å². The Kier molecular flexibility index (Phi) is 19.0. The molecule has 0 aliphatic heterocycles. The molecule has 0 aliphatic carbocycles. The molecule has 1 heteroatoms. The van der Waals surface area contributed by atoms with Crippen LogP contribution in [0.15, 0.2) is 0 Å². The molecule has 2 N–H and O–H groups in total. The molecule has 0 aromatic carbocycles. The highest BCUT2D eigenvalue weighted by Crippen LogP contribution is 2.16. The Morgan fingerprint density at radius 2 is 0.909 bits per heavy atom. The molecule has 0 bridgehead atoms. The van der Waals surface area contributed by atoms with Crippen LogP contribution in [0.3, 0.4) is 0 Å². The molecular formula is C21H45N. The van der Waals surface area contributed by atoms with E-state index in [0.29, 0.717) is 0 Å². The topological polar surface area (TPSA) is 26.0 Å². The van der Waals surface area contributed by atoms with Gasteiger partial charge in [0.1, 0.15) is 0 Å². The van der Waals surface area contributed by atoms with Crippen molar-refractivity contribution in [2.75, 3.05) is 6.54 Å². The molecule has 1 unspecified atom stereocenters. The molecule has 0 spiro atoms. The summed E-state index contributed by atoms with van der Waals surface area (Å²) in [4.78, 5) is 0. The van der Waals surface area contributed by atoms with E-state index in [1.807, 2.05) is 0 Å². The Morgan fingerprint density at radius 3 is 1.27 bits per heavy atom. The molecule has 0 fully saturated rings. The second-order valence-electron chi connectivity index (χ2n) is 7.28. The Balaban J connectivity index is 3.08. The largest absolute Gasteiger partial charge is 0.330 e. The average Bonchev–Trinajstić information content (AvgIpc) is 2.54. The van der Waals surface area contributed by atoms with Crippen molar-refractivity contribution in [1.29, 1.82) is 0 Å². The lowest BCUT2D eigenvalue weighted by molar-refractivity contribution is 0.427. The highest BCUT2D eigenvalue weighted by molar-refractivity contribution is 4.59. The molecule has 0 rings (SSSR count). The summed E-state index contributed by atoms with van der Waals surface area (Å²) in [5.41, 5.74) is 5.81. The minimum absolute atomic E-state index is 0.794. The van der Waals surface area contributed by atoms with E-state index in [1.165, 1.54) is 109 Å². The molecule has 0 heterocycles. The van der Waals surface area contributed by atoms with Gasteiger partial charge in [0.2, 0.25) is 0 Å². The minimum Gasteiger partial charge on any atom is -0.330 e. The zero-order chi connectivity index (χ0) is 16.3. The van der Waals surface area contributed by atoms with Crippen molar-refractivity contribution in [1.82, 2.24) is 0 Å². The molecule has 0 radical (unpaired) electrons. The van der Waals surface area contributed by atoms with E-state index >= 15 is 0 Å². The first-order valence-electron chi connectivity index (χ1n) is 10.5. The van der Waals surface area contributed by atoms with Gasteiger partial charge in [0.15, 0.2) is 0 Å². The molecule has 0 amide bonds. The minimum atomic E-state index is 0.794. The van der Waals surface area contributed by atoms with Crippen molar-refractivity contribution in [2.24, 2.45) is 11.7 Å². The van der Waals surface area contributed by atoms with E-state index in [2.05, 4.69) is 13.8 Å². The fourth-order valence-corrected chi connectivity index (χ4v) is 3.42. The molecular weight excluding hydrogens is 266 g/mol. The lowest BCUT2D eigenvalue weighted by atomic mass is 9.96. The molecule has 134 valence electrons. The first-order chi connectivity index (χ1) is 10.8. The smallest absolute Gasteiger partial charge is 0.00489 e. The predicted octanol–water partition coefficient (Wildman–Crippen LogP) is 7.23. The van der Waals surface area contributed by atoms with E-state index in [1.54, 1.807) is 0 Å². The predicted molar refractivity (Wildman–Crippen MR) is 102 cm³/mol. The van der Waals surface area contributed by atoms with Crippen LogP contribution in [0.4, 0.5) is 0 Å². The second-order valence-corrected chi connectivity index (χ2v) is 7.28. The Labute approximate surface area is 141 Å². The summed E-state index contributed by atoms with van der Waals surface area (Å²) >= 11 is 0. The summed E-state index contributed by atoms with van der Waals surface area (Å²) < 4.78 is 0. The van der Waals surface area contributed by atoms with Gasteiger partial charge in [-0.1, -0.05) is 110 Å². The molecule has 0 aromatic rings. The van der Waals surface area contributed by atoms with Gasteiger partial charge in [-0.25, -0.2) is 0 Å². The Hall–Kier alpha value is -0.0400. The monoisotopic (exact) mass is 311 g/mol. The van der Waals surface area contributed by atoms with Crippen LogP contribution in [0, 0.1) is 5.92 Å². The first-order valence-corrected chi connectivity index (χ1v) is 10.5. The summed E-state index contributed by atoms with van der Waals surface area (Å²) in [6.07, 6.45) is 24.3. The zero-order valence-electron chi connectivity index (χ0n) is 15.9.